The standard InChI is InChI=1S/C15H19FO4/c1-11(20-10-12-6-7-12)15(17)19-9-8-18-14-5-3-2-4-13(14)16/h2-5,11-12H,6-10H2,1H3. The Morgan fingerprint density at radius 3 is 2.80 bits per heavy atom. The number of hydrogen-bond acceptors (Lipinski definition) is 4. The van der Waals surface area contributed by atoms with E-state index in [-0.39, 0.29) is 19.0 Å². The second kappa shape index (κ2) is 7.24. The van der Waals surface area contributed by atoms with Gasteiger partial charge in [0, 0.05) is 0 Å². The molecule has 0 spiro atoms. The van der Waals surface area contributed by atoms with Crippen LogP contribution in [0, 0.1) is 11.7 Å². The van der Waals surface area contributed by atoms with E-state index in [4.69, 9.17) is 14.2 Å². The Bertz CT molecular complexity index is 445. The number of rotatable bonds is 8. The van der Waals surface area contributed by atoms with Crippen LogP contribution in [0.5, 0.6) is 5.75 Å². The highest BCUT2D eigenvalue weighted by atomic mass is 19.1. The first-order valence-electron chi connectivity index (χ1n) is 6.82. The van der Waals surface area contributed by atoms with Crippen molar-refractivity contribution in [1.29, 1.82) is 0 Å². The fourth-order valence-corrected chi connectivity index (χ4v) is 1.61. The largest absolute Gasteiger partial charge is 0.487 e. The predicted molar refractivity (Wildman–Crippen MR) is 71.0 cm³/mol. The Hall–Kier alpha value is -1.62. The van der Waals surface area contributed by atoms with Crippen molar-refractivity contribution in [3.63, 3.8) is 0 Å². The van der Waals surface area contributed by atoms with Crippen LogP contribution >= 0.6 is 0 Å². The van der Waals surface area contributed by atoms with Gasteiger partial charge in [-0.15, -0.1) is 0 Å². The van der Waals surface area contributed by atoms with Crippen molar-refractivity contribution in [2.24, 2.45) is 5.92 Å². The second-order valence-corrected chi connectivity index (χ2v) is 4.87. The molecule has 1 aromatic rings. The molecule has 0 saturated heterocycles. The van der Waals surface area contributed by atoms with E-state index >= 15 is 0 Å². The van der Waals surface area contributed by atoms with Gasteiger partial charge >= 0.3 is 5.97 Å². The maximum atomic E-state index is 13.2. The van der Waals surface area contributed by atoms with E-state index in [2.05, 4.69) is 0 Å². The number of carbonyl (C=O) groups is 1. The van der Waals surface area contributed by atoms with Crippen LogP contribution in [0.2, 0.25) is 0 Å². The maximum Gasteiger partial charge on any atom is 0.335 e. The van der Waals surface area contributed by atoms with Crippen LogP contribution in [0.25, 0.3) is 0 Å². The average molecular weight is 282 g/mol. The molecule has 1 saturated carbocycles. The predicted octanol–water partition coefficient (Wildman–Crippen LogP) is 2.56. The number of hydrogen-bond donors (Lipinski definition) is 0. The molecular formula is C15H19FO4. The van der Waals surface area contributed by atoms with Gasteiger partial charge in [0.25, 0.3) is 0 Å². The number of benzene rings is 1. The quantitative estimate of drug-likeness (QED) is 0.543. The highest BCUT2D eigenvalue weighted by Crippen LogP contribution is 2.29. The molecule has 20 heavy (non-hydrogen) atoms. The van der Waals surface area contributed by atoms with Gasteiger partial charge in [0.15, 0.2) is 17.7 Å². The van der Waals surface area contributed by atoms with Gasteiger partial charge in [-0.2, -0.15) is 0 Å². The first-order valence-corrected chi connectivity index (χ1v) is 6.82. The molecule has 2 rings (SSSR count). The van der Waals surface area contributed by atoms with Gasteiger partial charge < -0.3 is 14.2 Å². The Morgan fingerprint density at radius 1 is 1.35 bits per heavy atom. The molecule has 0 bridgehead atoms. The molecule has 1 aliphatic rings. The third kappa shape index (κ3) is 4.81. The number of carbonyl (C=O) groups excluding carboxylic acids is 1. The summed E-state index contributed by atoms with van der Waals surface area (Å²) >= 11 is 0. The van der Waals surface area contributed by atoms with Gasteiger partial charge in [0.05, 0.1) is 6.61 Å². The number of para-hydroxylation sites is 1. The van der Waals surface area contributed by atoms with Crippen LogP contribution in [0.3, 0.4) is 0 Å². The zero-order chi connectivity index (χ0) is 14.4. The monoisotopic (exact) mass is 282 g/mol. The Labute approximate surface area is 117 Å². The summed E-state index contributed by atoms with van der Waals surface area (Å²) in [6, 6.07) is 6.10. The fourth-order valence-electron chi connectivity index (χ4n) is 1.61. The van der Waals surface area contributed by atoms with Gasteiger partial charge in [-0.1, -0.05) is 12.1 Å². The molecule has 4 nitrogen and oxygen atoms in total. The van der Waals surface area contributed by atoms with E-state index in [1.165, 1.54) is 25.0 Å². The van der Waals surface area contributed by atoms with Gasteiger partial charge in [0.2, 0.25) is 0 Å². The normalized spacial score (nSPS) is 15.7. The average Bonchev–Trinajstić information content (AvgIpc) is 3.26. The molecule has 1 atom stereocenters. The smallest absolute Gasteiger partial charge is 0.335 e. The summed E-state index contributed by atoms with van der Waals surface area (Å²) in [6.07, 6.45) is 1.79. The molecule has 0 heterocycles. The molecule has 1 fully saturated rings. The fraction of sp³-hybridized carbons (Fsp3) is 0.533. The van der Waals surface area contributed by atoms with Crippen molar-refractivity contribution in [2.45, 2.75) is 25.9 Å². The van der Waals surface area contributed by atoms with Gasteiger partial charge in [-0.3, -0.25) is 0 Å². The van der Waals surface area contributed by atoms with Crippen molar-refractivity contribution in [3.8, 4) is 5.75 Å². The van der Waals surface area contributed by atoms with Crippen molar-refractivity contribution in [1.82, 2.24) is 0 Å². The van der Waals surface area contributed by atoms with Crippen LogP contribution < -0.4 is 4.74 Å². The molecular weight excluding hydrogens is 263 g/mol. The lowest BCUT2D eigenvalue weighted by molar-refractivity contribution is -0.157. The number of esters is 1. The summed E-state index contributed by atoms with van der Waals surface area (Å²) in [5, 5.41) is 0. The molecule has 0 aromatic heterocycles. The lowest BCUT2D eigenvalue weighted by Crippen LogP contribution is -2.26. The van der Waals surface area contributed by atoms with E-state index in [0.29, 0.717) is 12.5 Å². The van der Waals surface area contributed by atoms with Gasteiger partial charge in [-0.05, 0) is 37.8 Å². The van der Waals surface area contributed by atoms with E-state index in [9.17, 15) is 9.18 Å². The Balaban J connectivity index is 1.60. The Kier molecular flexibility index (Phi) is 5.35. The molecule has 1 aromatic carbocycles. The van der Waals surface area contributed by atoms with E-state index in [0.717, 1.165) is 0 Å². The summed E-state index contributed by atoms with van der Waals surface area (Å²) in [5.41, 5.74) is 0. The van der Waals surface area contributed by atoms with Crippen LogP contribution in [-0.2, 0) is 14.3 Å². The first kappa shape index (κ1) is 14.8. The van der Waals surface area contributed by atoms with E-state index in [1.807, 2.05) is 0 Å². The highest BCUT2D eigenvalue weighted by molar-refractivity contribution is 5.74. The van der Waals surface area contributed by atoms with E-state index < -0.39 is 17.9 Å². The molecule has 1 unspecified atom stereocenters. The van der Waals surface area contributed by atoms with Crippen molar-refractivity contribution < 1.29 is 23.4 Å². The zero-order valence-corrected chi connectivity index (χ0v) is 11.5. The second-order valence-electron chi connectivity index (χ2n) is 4.87. The Morgan fingerprint density at radius 2 is 2.10 bits per heavy atom. The third-order valence-electron chi connectivity index (χ3n) is 3.03. The summed E-state index contributed by atoms with van der Waals surface area (Å²) < 4.78 is 28.8. The minimum atomic E-state index is -0.566. The summed E-state index contributed by atoms with van der Waals surface area (Å²) in [6.45, 7) is 2.47. The maximum absolute atomic E-state index is 13.2. The van der Waals surface area contributed by atoms with Crippen LogP contribution in [0.1, 0.15) is 19.8 Å². The first-order chi connectivity index (χ1) is 9.66. The lowest BCUT2D eigenvalue weighted by Gasteiger charge is -2.13. The molecule has 5 heteroatoms. The van der Waals surface area contributed by atoms with E-state index in [1.54, 1.807) is 19.1 Å². The molecule has 0 N–H and O–H groups in total. The minimum Gasteiger partial charge on any atom is -0.487 e. The molecule has 1 aliphatic carbocycles. The highest BCUT2D eigenvalue weighted by Gasteiger charge is 2.24. The summed E-state index contributed by atoms with van der Waals surface area (Å²) in [5.74, 6) is -0.0843. The molecule has 0 amide bonds. The van der Waals surface area contributed by atoms with Crippen molar-refractivity contribution in [2.75, 3.05) is 19.8 Å². The third-order valence-corrected chi connectivity index (χ3v) is 3.03. The number of ether oxygens (including phenoxy) is 3. The lowest BCUT2D eigenvalue weighted by atomic mass is 10.3. The number of halogens is 1. The molecule has 110 valence electrons. The summed E-state index contributed by atoms with van der Waals surface area (Å²) in [7, 11) is 0. The van der Waals surface area contributed by atoms with Gasteiger partial charge in [0.1, 0.15) is 13.2 Å². The van der Waals surface area contributed by atoms with Crippen LogP contribution in [0.4, 0.5) is 4.39 Å². The minimum absolute atomic E-state index is 0.0737. The van der Waals surface area contributed by atoms with Crippen molar-refractivity contribution >= 4 is 5.97 Å². The van der Waals surface area contributed by atoms with Crippen molar-refractivity contribution in [3.05, 3.63) is 30.1 Å². The summed E-state index contributed by atoms with van der Waals surface area (Å²) in [4.78, 5) is 11.6. The van der Waals surface area contributed by atoms with Crippen LogP contribution in [0.15, 0.2) is 24.3 Å². The van der Waals surface area contributed by atoms with Crippen LogP contribution in [-0.4, -0.2) is 31.9 Å². The van der Waals surface area contributed by atoms with Gasteiger partial charge in [-0.25, -0.2) is 9.18 Å². The molecule has 0 aliphatic heterocycles. The zero-order valence-electron chi connectivity index (χ0n) is 11.5. The SMILES string of the molecule is CC(OCC1CC1)C(=O)OCCOc1ccccc1F. The molecule has 0 radical (unpaired) electrons. The topological polar surface area (TPSA) is 44.8 Å².